The molecule has 2 aromatic rings. The second-order valence-corrected chi connectivity index (χ2v) is 5.15. The zero-order chi connectivity index (χ0) is 14.1. The Morgan fingerprint density at radius 2 is 2.25 bits per heavy atom. The second kappa shape index (κ2) is 4.97. The molecule has 4 nitrogen and oxygen atoms in total. The maximum atomic E-state index is 13.3. The second-order valence-electron chi connectivity index (χ2n) is 5.15. The van der Waals surface area contributed by atoms with Crippen molar-refractivity contribution in [2.75, 3.05) is 11.1 Å². The molecule has 0 saturated heterocycles. The van der Waals surface area contributed by atoms with Crippen LogP contribution < -0.4 is 11.1 Å². The number of nitrogen functional groups attached to an aromatic ring is 1. The largest absolute Gasteiger partial charge is 0.396 e. The third-order valence-electron chi connectivity index (χ3n) is 3.73. The Bertz CT molecular complexity index is 692. The molecule has 1 aliphatic carbocycles. The van der Waals surface area contributed by atoms with Crippen molar-refractivity contribution in [3.05, 3.63) is 35.8 Å². The molecule has 0 bridgehead atoms. The molecular weight excluding hydrogens is 255 g/mol. The van der Waals surface area contributed by atoms with Crippen molar-refractivity contribution in [1.82, 2.24) is 4.98 Å². The van der Waals surface area contributed by atoms with Gasteiger partial charge in [0.05, 0.1) is 29.7 Å². The van der Waals surface area contributed by atoms with Crippen LogP contribution in [0.5, 0.6) is 0 Å². The van der Waals surface area contributed by atoms with E-state index >= 15 is 0 Å². The van der Waals surface area contributed by atoms with Gasteiger partial charge in [-0.1, -0.05) is 6.07 Å². The van der Waals surface area contributed by atoms with Gasteiger partial charge in [-0.3, -0.25) is 4.98 Å². The standard InChI is InChI=1S/C15H15FN4/c1-18-10-4-5-14-12(7-10)15(13(17)8-19-14)20-11-3-2-9(16)6-11/h4-5,7-9,11H,2-3,6,17H2,(H,19,20)/t9-,11+/m0/s1. The number of benzene rings is 1. The average molecular weight is 270 g/mol. The van der Waals surface area contributed by atoms with E-state index in [1.54, 1.807) is 24.4 Å². The lowest BCUT2D eigenvalue weighted by Gasteiger charge is -2.17. The van der Waals surface area contributed by atoms with Gasteiger partial charge < -0.3 is 11.1 Å². The number of alkyl halides is 1. The van der Waals surface area contributed by atoms with E-state index in [1.165, 1.54) is 0 Å². The normalized spacial score (nSPS) is 21.8. The summed E-state index contributed by atoms with van der Waals surface area (Å²) in [4.78, 5) is 7.69. The van der Waals surface area contributed by atoms with Gasteiger partial charge >= 0.3 is 0 Å². The lowest BCUT2D eigenvalue weighted by Crippen LogP contribution is -2.17. The molecule has 1 aromatic carbocycles. The molecule has 1 fully saturated rings. The average Bonchev–Trinajstić information content (AvgIpc) is 2.87. The number of hydrogen-bond donors (Lipinski definition) is 2. The number of nitrogens with zero attached hydrogens (tertiary/aromatic N) is 2. The van der Waals surface area contributed by atoms with Crippen molar-refractivity contribution in [2.24, 2.45) is 0 Å². The van der Waals surface area contributed by atoms with Crippen molar-refractivity contribution < 1.29 is 4.39 Å². The maximum Gasteiger partial charge on any atom is 0.188 e. The number of fused-ring (bicyclic) bond motifs is 1. The van der Waals surface area contributed by atoms with Crippen LogP contribution in [0.25, 0.3) is 15.7 Å². The quantitative estimate of drug-likeness (QED) is 0.819. The van der Waals surface area contributed by atoms with Crippen LogP contribution >= 0.6 is 0 Å². The Hall–Kier alpha value is -2.35. The first-order chi connectivity index (χ1) is 9.67. The molecule has 1 aliphatic rings. The SMILES string of the molecule is [C-]#[N+]c1ccc2ncc(N)c(N[C@@H]3CC[C@H](F)C3)c2c1. The molecule has 0 aliphatic heterocycles. The Labute approximate surface area is 116 Å². The number of anilines is 2. The van der Waals surface area contributed by atoms with Crippen molar-refractivity contribution in [2.45, 2.75) is 31.5 Å². The van der Waals surface area contributed by atoms with E-state index in [0.717, 1.165) is 23.0 Å². The van der Waals surface area contributed by atoms with Crippen molar-refractivity contribution in [1.29, 1.82) is 0 Å². The summed E-state index contributed by atoms with van der Waals surface area (Å²) < 4.78 is 13.3. The predicted octanol–water partition coefficient (Wildman–Crippen LogP) is 3.67. The zero-order valence-corrected chi connectivity index (χ0v) is 10.9. The van der Waals surface area contributed by atoms with E-state index in [0.29, 0.717) is 24.2 Å². The minimum atomic E-state index is -0.736. The summed E-state index contributed by atoms with van der Waals surface area (Å²) in [6.07, 6.45) is 2.76. The molecule has 1 aromatic heterocycles. The molecule has 0 unspecified atom stereocenters. The fourth-order valence-electron chi connectivity index (χ4n) is 2.69. The highest BCUT2D eigenvalue weighted by molar-refractivity contribution is 5.98. The fourth-order valence-corrected chi connectivity index (χ4v) is 2.69. The van der Waals surface area contributed by atoms with Gasteiger partial charge in [0.15, 0.2) is 5.69 Å². The number of nitrogens with one attached hydrogen (secondary N) is 1. The summed E-state index contributed by atoms with van der Waals surface area (Å²) >= 11 is 0. The highest BCUT2D eigenvalue weighted by Gasteiger charge is 2.25. The van der Waals surface area contributed by atoms with E-state index < -0.39 is 6.17 Å². The highest BCUT2D eigenvalue weighted by atomic mass is 19.1. The number of rotatable bonds is 2. The van der Waals surface area contributed by atoms with Gasteiger partial charge in [-0.15, -0.1) is 0 Å². The fraction of sp³-hybridized carbons (Fsp3) is 0.333. The van der Waals surface area contributed by atoms with Crippen molar-refractivity contribution in [3.63, 3.8) is 0 Å². The van der Waals surface area contributed by atoms with E-state index in [9.17, 15) is 4.39 Å². The molecular formula is C15H15FN4. The molecule has 20 heavy (non-hydrogen) atoms. The van der Waals surface area contributed by atoms with Crippen LogP contribution in [0.2, 0.25) is 0 Å². The summed E-state index contributed by atoms with van der Waals surface area (Å²) in [7, 11) is 0. The molecule has 0 spiro atoms. The monoisotopic (exact) mass is 270 g/mol. The van der Waals surface area contributed by atoms with Crippen LogP contribution in [0.1, 0.15) is 19.3 Å². The van der Waals surface area contributed by atoms with Crippen molar-refractivity contribution in [3.8, 4) is 0 Å². The molecule has 1 saturated carbocycles. The first kappa shape index (κ1) is 12.7. The van der Waals surface area contributed by atoms with Gasteiger partial charge in [0.25, 0.3) is 0 Å². The maximum absolute atomic E-state index is 13.3. The molecule has 3 rings (SSSR count). The number of halogens is 1. The zero-order valence-electron chi connectivity index (χ0n) is 10.9. The smallest absolute Gasteiger partial charge is 0.188 e. The minimum Gasteiger partial charge on any atom is -0.396 e. The Balaban J connectivity index is 2.03. The van der Waals surface area contributed by atoms with Gasteiger partial charge in [0.2, 0.25) is 0 Å². The topological polar surface area (TPSA) is 55.3 Å². The Morgan fingerprint density at radius 3 is 2.95 bits per heavy atom. The summed E-state index contributed by atoms with van der Waals surface area (Å²) in [6, 6.07) is 5.40. The molecule has 0 amide bonds. The number of nitrogens with two attached hydrogens (primary N) is 1. The van der Waals surface area contributed by atoms with E-state index in [4.69, 9.17) is 12.3 Å². The Morgan fingerprint density at radius 1 is 1.40 bits per heavy atom. The molecule has 5 heteroatoms. The molecule has 2 atom stereocenters. The van der Waals surface area contributed by atoms with Crippen LogP contribution in [0, 0.1) is 6.57 Å². The van der Waals surface area contributed by atoms with Crippen LogP contribution in [0.15, 0.2) is 24.4 Å². The first-order valence-corrected chi connectivity index (χ1v) is 6.63. The van der Waals surface area contributed by atoms with Crippen LogP contribution in [0.4, 0.5) is 21.5 Å². The number of pyridine rings is 1. The number of aromatic nitrogens is 1. The van der Waals surface area contributed by atoms with Gasteiger partial charge in [-0.2, -0.15) is 0 Å². The lowest BCUT2D eigenvalue weighted by atomic mass is 10.1. The summed E-state index contributed by atoms with van der Waals surface area (Å²) in [5.41, 5.74) is 8.61. The van der Waals surface area contributed by atoms with E-state index in [-0.39, 0.29) is 6.04 Å². The van der Waals surface area contributed by atoms with Crippen molar-refractivity contribution >= 4 is 28.0 Å². The van der Waals surface area contributed by atoms with E-state index in [1.807, 2.05) is 0 Å². The van der Waals surface area contributed by atoms with Crippen LogP contribution in [0.3, 0.4) is 0 Å². The van der Waals surface area contributed by atoms with E-state index in [2.05, 4.69) is 15.1 Å². The highest BCUT2D eigenvalue weighted by Crippen LogP contribution is 2.34. The molecule has 1 heterocycles. The third kappa shape index (κ3) is 2.25. The summed E-state index contributed by atoms with van der Waals surface area (Å²) in [5.74, 6) is 0. The summed E-state index contributed by atoms with van der Waals surface area (Å²) in [6.45, 7) is 7.10. The van der Waals surface area contributed by atoms with Gasteiger partial charge in [-0.05, 0) is 31.4 Å². The predicted molar refractivity (Wildman–Crippen MR) is 78.6 cm³/mol. The first-order valence-electron chi connectivity index (χ1n) is 6.63. The third-order valence-corrected chi connectivity index (χ3v) is 3.73. The number of hydrogen-bond acceptors (Lipinski definition) is 3. The summed E-state index contributed by atoms with van der Waals surface area (Å²) in [5, 5.41) is 4.15. The van der Waals surface area contributed by atoms with Crippen LogP contribution in [-0.4, -0.2) is 17.2 Å². The van der Waals surface area contributed by atoms with Gasteiger partial charge in [0, 0.05) is 11.4 Å². The molecule has 0 radical (unpaired) electrons. The minimum absolute atomic E-state index is 0.0921. The Kier molecular flexibility index (Phi) is 3.15. The van der Waals surface area contributed by atoms with Crippen LogP contribution in [-0.2, 0) is 0 Å². The lowest BCUT2D eigenvalue weighted by molar-refractivity contribution is 0.341. The molecule has 102 valence electrons. The van der Waals surface area contributed by atoms with Gasteiger partial charge in [0.1, 0.15) is 6.17 Å². The van der Waals surface area contributed by atoms with Gasteiger partial charge in [-0.25, -0.2) is 9.24 Å². The molecule has 3 N–H and O–H groups in total.